The van der Waals surface area contributed by atoms with Crippen LogP contribution in [0.15, 0.2) is 81.9 Å². The molecule has 0 aliphatic carbocycles. The molecule has 0 spiro atoms. The lowest BCUT2D eigenvalue weighted by Crippen LogP contribution is -2.12. The van der Waals surface area contributed by atoms with Crippen LogP contribution in [0, 0.1) is 6.92 Å². The molecule has 0 unspecified atom stereocenters. The molecule has 3 N–H and O–H groups in total. The second-order valence-electron chi connectivity index (χ2n) is 8.03. The van der Waals surface area contributed by atoms with E-state index in [1.54, 1.807) is 55.5 Å². The van der Waals surface area contributed by atoms with Gasteiger partial charge in [0.25, 0.3) is 16.0 Å². The van der Waals surface area contributed by atoms with E-state index in [1.165, 1.54) is 18.2 Å². The fourth-order valence-electron chi connectivity index (χ4n) is 3.72. The number of hydrogen-bond acceptors (Lipinski definition) is 7. The largest absolute Gasteiger partial charge is 0.505 e. The van der Waals surface area contributed by atoms with E-state index in [-0.39, 0.29) is 22.0 Å². The van der Waals surface area contributed by atoms with Crippen molar-refractivity contribution in [2.75, 3.05) is 11.9 Å². The summed E-state index contributed by atoms with van der Waals surface area (Å²) in [7, 11) is -4.67. The molecule has 0 heterocycles. The van der Waals surface area contributed by atoms with Crippen molar-refractivity contribution in [3.8, 4) is 11.5 Å². The number of fused-ring (bicyclic) bond motifs is 1. The molecule has 4 aromatic rings. The SMILES string of the molecule is CCOc1cccc(NC(=O)c2cc3ccccc3c(N=Nc3c(Cl)cc(C)cc3S(=O)(=O)O)c2O)c1. The zero-order valence-corrected chi connectivity index (χ0v) is 21.3. The van der Waals surface area contributed by atoms with Gasteiger partial charge in [-0.25, -0.2) is 0 Å². The molecule has 4 rings (SSSR count). The Hall–Kier alpha value is -3.99. The van der Waals surface area contributed by atoms with Crippen LogP contribution in [0.2, 0.25) is 5.02 Å². The quantitative estimate of drug-likeness (QED) is 0.174. The maximum absolute atomic E-state index is 13.1. The normalized spacial score (nSPS) is 11.7. The van der Waals surface area contributed by atoms with Crippen molar-refractivity contribution in [1.29, 1.82) is 0 Å². The minimum absolute atomic E-state index is 0.0664. The van der Waals surface area contributed by atoms with E-state index in [4.69, 9.17) is 16.3 Å². The third kappa shape index (κ3) is 5.72. The molecule has 0 saturated carbocycles. The summed E-state index contributed by atoms with van der Waals surface area (Å²) in [5, 5.41) is 22.8. The van der Waals surface area contributed by atoms with E-state index < -0.39 is 26.7 Å². The van der Waals surface area contributed by atoms with Crippen LogP contribution in [0.25, 0.3) is 10.8 Å². The highest BCUT2D eigenvalue weighted by Crippen LogP contribution is 2.41. The van der Waals surface area contributed by atoms with Crippen molar-refractivity contribution in [1.82, 2.24) is 0 Å². The lowest BCUT2D eigenvalue weighted by Gasteiger charge is -2.12. The fraction of sp³-hybridized carbons (Fsp3) is 0.115. The van der Waals surface area contributed by atoms with Crippen LogP contribution in [-0.2, 0) is 10.1 Å². The van der Waals surface area contributed by atoms with Crippen molar-refractivity contribution in [3.05, 3.63) is 82.9 Å². The van der Waals surface area contributed by atoms with Gasteiger partial charge in [-0.2, -0.15) is 8.42 Å². The van der Waals surface area contributed by atoms with Crippen molar-refractivity contribution in [2.45, 2.75) is 18.7 Å². The first-order chi connectivity index (χ1) is 17.6. The van der Waals surface area contributed by atoms with E-state index in [0.717, 1.165) is 0 Å². The van der Waals surface area contributed by atoms with Gasteiger partial charge in [0.15, 0.2) is 5.75 Å². The molecular formula is C26H22ClN3O6S. The molecule has 0 aliphatic heterocycles. The summed E-state index contributed by atoms with van der Waals surface area (Å²) in [6, 6.07) is 17.8. The first kappa shape index (κ1) is 26.1. The van der Waals surface area contributed by atoms with Gasteiger partial charge in [0.1, 0.15) is 22.0 Å². The van der Waals surface area contributed by atoms with Crippen LogP contribution in [-0.4, -0.2) is 30.6 Å². The van der Waals surface area contributed by atoms with E-state index >= 15 is 0 Å². The highest BCUT2D eigenvalue weighted by Gasteiger charge is 2.21. The summed E-state index contributed by atoms with van der Waals surface area (Å²) in [4.78, 5) is 12.6. The summed E-state index contributed by atoms with van der Waals surface area (Å²) < 4.78 is 38.9. The average molecular weight is 540 g/mol. The number of phenolic OH excluding ortho intramolecular Hbond substituents is 1. The smallest absolute Gasteiger partial charge is 0.296 e. The van der Waals surface area contributed by atoms with Gasteiger partial charge >= 0.3 is 0 Å². The van der Waals surface area contributed by atoms with Crippen LogP contribution >= 0.6 is 11.6 Å². The molecule has 0 radical (unpaired) electrons. The molecule has 4 aromatic carbocycles. The summed E-state index contributed by atoms with van der Waals surface area (Å²) in [5.41, 5.74) is 0.470. The van der Waals surface area contributed by atoms with E-state index in [9.17, 15) is 22.9 Å². The van der Waals surface area contributed by atoms with Crippen molar-refractivity contribution >= 4 is 55.5 Å². The standard InChI is InChI=1S/C26H22ClN3O6S/c1-3-36-18-9-6-8-17(14-18)28-26(32)20-13-16-7-4-5-10-19(16)23(25(20)31)29-30-24-21(27)11-15(2)12-22(24)37(33,34)35/h4-14,31H,3H2,1-2H3,(H,28,32)(H,33,34,35). The lowest BCUT2D eigenvalue weighted by molar-refractivity contribution is 0.102. The number of nitrogens with zero attached hydrogens (tertiary/aromatic N) is 2. The number of ether oxygens (including phenoxy) is 1. The molecule has 0 saturated heterocycles. The number of hydrogen-bond donors (Lipinski definition) is 3. The molecule has 0 fully saturated rings. The molecule has 0 aromatic heterocycles. The number of aryl methyl sites for hydroxylation is 1. The predicted octanol–water partition coefficient (Wildman–Crippen LogP) is 6.82. The van der Waals surface area contributed by atoms with Crippen molar-refractivity contribution in [2.24, 2.45) is 10.2 Å². The number of azo groups is 1. The average Bonchev–Trinajstić information content (AvgIpc) is 2.83. The minimum atomic E-state index is -4.67. The Kier molecular flexibility index (Phi) is 7.44. The maximum Gasteiger partial charge on any atom is 0.296 e. The van der Waals surface area contributed by atoms with Crippen LogP contribution in [0.3, 0.4) is 0 Å². The Balaban J connectivity index is 1.81. The number of carbonyl (C=O) groups excluding carboxylic acids is 1. The lowest BCUT2D eigenvalue weighted by atomic mass is 10.0. The molecule has 190 valence electrons. The number of anilines is 1. The molecular weight excluding hydrogens is 518 g/mol. The summed E-state index contributed by atoms with van der Waals surface area (Å²) in [5.74, 6) is -0.514. The zero-order chi connectivity index (χ0) is 26.7. The molecule has 0 bridgehead atoms. The number of amides is 1. The zero-order valence-electron chi connectivity index (χ0n) is 19.8. The summed E-state index contributed by atoms with van der Waals surface area (Å²) >= 11 is 6.21. The molecule has 1 amide bonds. The molecule has 0 atom stereocenters. The number of phenols is 1. The highest BCUT2D eigenvalue weighted by molar-refractivity contribution is 7.86. The molecule has 37 heavy (non-hydrogen) atoms. The van der Waals surface area contributed by atoms with Gasteiger partial charge in [-0.3, -0.25) is 9.35 Å². The Morgan fingerprint density at radius 2 is 1.76 bits per heavy atom. The third-order valence-corrected chi connectivity index (χ3v) is 6.50. The Morgan fingerprint density at radius 3 is 2.49 bits per heavy atom. The third-order valence-electron chi connectivity index (χ3n) is 5.34. The Morgan fingerprint density at radius 1 is 1.03 bits per heavy atom. The van der Waals surface area contributed by atoms with Crippen LogP contribution in [0.1, 0.15) is 22.8 Å². The van der Waals surface area contributed by atoms with E-state index in [2.05, 4.69) is 15.5 Å². The number of benzene rings is 4. The maximum atomic E-state index is 13.1. The van der Waals surface area contributed by atoms with Gasteiger partial charge in [-0.05, 0) is 55.1 Å². The van der Waals surface area contributed by atoms with Gasteiger partial charge < -0.3 is 15.2 Å². The Labute approximate surface area is 218 Å². The van der Waals surface area contributed by atoms with Gasteiger partial charge in [-0.15, -0.1) is 10.2 Å². The van der Waals surface area contributed by atoms with Crippen molar-refractivity contribution in [3.63, 3.8) is 0 Å². The number of halogens is 1. The minimum Gasteiger partial charge on any atom is -0.505 e. The second-order valence-corrected chi connectivity index (χ2v) is 9.82. The number of aromatic hydroxyl groups is 1. The predicted molar refractivity (Wildman–Crippen MR) is 141 cm³/mol. The van der Waals surface area contributed by atoms with Crippen molar-refractivity contribution < 1.29 is 27.6 Å². The Bertz CT molecular complexity index is 1650. The van der Waals surface area contributed by atoms with E-state index in [0.29, 0.717) is 34.4 Å². The molecule has 0 aliphatic rings. The fourth-order valence-corrected chi connectivity index (χ4v) is 4.81. The van der Waals surface area contributed by atoms with Gasteiger partial charge in [-0.1, -0.05) is 41.9 Å². The van der Waals surface area contributed by atoms with Crippen LogP contribution in [0.5, 0.6) is 11.5 Å². The topological polar surface area (TPSA) is 138 Å². The van der Waals surface area contributed by atoms with Gasteiger partial charge in [0.05, 0.1) is 17.2 Å². The van der Waals surface area contributed by atoms with Crippen LogP contribution < -0.4 is 10.1 Å². The first-order valence-corrected chi connectivity index (χ1v) is 12.9. The van der Waals surface area contributed by atoms with Gasteiger partial charge in [0.2, 0.25) is 0 Å². The number of carbonyl (C=O) groups is 1. The van der Waals surface area contributed by atoms with E-state index in [1.807, 2.05) is 6.92 Å². The number of nitrogens with one attached hydrogen (secondary N) is 1. The second kappa shape index (κ2) is 10.6. The monoisotopic (exact) mass is 539 g/mol. The summed E-state index contributed by atoms with van der Waals surface area (Å²) in [6.07, 6.45) is 0. The van der Waals surface area contributed by atoms with Crippen LogP contribution in [0.4, 0.5) is 17.1 Å². The molecule has 9 nitrogen and oxygen atoms in total. The van der Waals surface area contributed by atoms with Gasteiger partial charge in [0, 0.05) is 17.1 Å². The highest BCUT2D eigenvalue weighted by atomic mass is 35.5. The molecule has 11 heteroatoms. The first-order valence-electron chi connectivity index (χ1n) is 11.1. The number of rotatable bonds is 7. The summed E-state index contributed by atoms with van der Waals surface area (Å²) in [6.45, 7) is 3.91.